The van der Waals surface area contributed by atoms with Crippen LogP contribution < -0.4 is 21.3 Å². The Morgan fingerprint density at radius 3 is 2.88 bits per heavy atom. The van der Waals surface area contributed by atoms with Crippen molar-refractivity contribution < 1.29 is 9.59 Å². The summed E-state index contributed by atoms with van der Waals surface area (Å²) in [6.45, 7) is 2.87. The topological polar surface area (TPSA) is 108 Å². The lowest BCUT2D eigenvalue weighted by Crippen LogP contribution is -2.39. The summed E-state index contributed by atoms with van der Waals surface area (Å²) in [6, 6.07) is 7.05. The highest BCUT2D eigenvalue weighted by Crippen LogP contribution is 2.26. The first-order valence-corrected chi connectivity index (χ1v) is 8.10. The summed E-state index contributed by atoms with van der Waals surface area (Å²) in [4.78, 5) is 31.5. The summed E-state index contributed by atoms with van der Waals surface area (Å²) in [5, 5.41) is 11.5. The van der Waals surface area contributed by atoms with Crippen molar-refractivity contribution >= 4 is 23.6 Å². The predicted octanol–water partition coefficient (Wildman–Crippen LogP) is 1.44. The van der Waals surface area contributed by atoms with Gasteiger partial charge in [-0.25, -0.2) is 14.8 Å². The Balaban J connectivity index is 1.43. The minimum absolute atomic E-state index is 0.000371. The summed E-state index contributed by atoms with van der Waals surface area (Å²) in [5.74, 6) is 0.528. The third-order valence-corrected chi connectivity index (χ3v) is 3.86. The smallest absolute Gasteiger partial charge is 0.315 e. The van der Waals surface area contributed by atoms with E-state index in [0.717, 1.165) is 16.8 Å². The van der Waals surface area contributed by atoms with Gasteiger partial charge in [-0.1, -0.05) is 12.1 Å². The number of aromatic nitrogens is 2. The van der Waals surface area contributed by atoms with Crippen molar-refractivity contribution in [1.29, 1.82) is 0 Å². The molecule has 3 rings (SSSR count). The first kappa shape index (κ1) is 16.7. The lowest BCUT2D eigenvalue weighted by Gasteiger charge is -2.16. The first-order valence-electron chi connectivity index (χ1n) is 8.10. The molecule has 1 aliphatic rings. The van der Waals surface area contributed by atoms with Crippen LogP contribution in [0.25, 0.3) is 0 Å². The van der Waals surface area contributed by atoms with Gasteiger partial charge in [0.1, 0.15) is 0 Å². The van der Waals surface area contributed by atoms with Gasteiger partial charge in [0.2, 0.25) is 11.9 Å². The number of urea groups is 1. The maximum Gasteiger partial charge on any atom is 0.315 e. The molecule has 2 aromatic rings. The van der Waals surface area contributed by atoms with Crippen LogP contribution in [0.2, 0.25) is 0 Å². The number of carbonyl (C=O) groups is 2. The summed E-state index contributed by atoms with van der Waals surface area (Å²) in [7, 11) is 0. The van der Waals surface area contributed by atoms with Gasteiger partial charge in [0.05, 0.1) is 12.5 Å². The summed E-state index contributed by atoms with van der Waals surface area (Å²) < 4.78 is 0. The van der Waals surface area contributed by atoms with Gasteiger partial charge in [0.15, 0.2) is 0 Å². The SMILES string of the molecule is C[C@@H](NC(=O)NCCNc1ncccn1)c1ccc2c(c1)CC(=O)N2. The molecule has 0 aliphatic carbocycles. The third-order valence-electron chi connectivity index (χ3n) is 3.86. The molecule has 25 heavy (non-hydrogen) atoms. The molecule has 1 aliphatic heterocycles. The number of anilines is 2. The molecule has 4 N–H and O–H groups in total. The molecular weight excluding hydrogens is 320 g/mol. The van der Waals surface area contributed by atoms with E-state index in [1.54, 1.807) is 18.5 Å². The van der Waals surface area contributed by atoms with Crippen LogP contribution in [-0.4, -0.2) is 35.0 Å². The van der Waals surface area contributed by atoms with E-state index in [-0.39, 0.29) is 18.0 Å². The number of hydrogen-bond donors (Lipinski definition) is 4. The van der Waals surface area contributed by atoms with E-state index < -0.39 is 0 Å². The van der Waals surface area contributed by atoms with Crippen LogP contribution in [-0.2, 0) is 11.2 Å². The number of nitrogens with one attached hydrogen (secondary N) is 4. The second-order valence-corrected chi connectivity index (χ2v) is 5.76. The number of fused-ring (bicyclic) bond motifs is 1. The molecule has 1 aromatic carbocycles. The highest BCUT2D eigenvalue weighted by atomic mass is 16.2. The molecule has 0 radical (unpaired) electrons. The van der Waals surface area contributed by atoms with Crippen LogP contribution in [0.3, 0.4) is 0 Å². The standard InChI is InChI=1S/C17H20N6O2/c1-11(12-3-4-14-13(9-12)10-15(24)23-14)22-17(25)21-8-7-20-16-18-5-2-6-19-16/h2-6,9,11H,7-8,10H2,1H3,(H,23,24)(H,18,19,20)(H2,21,22,25)/t11-/m1/s1. The molecule has 130 valence electrons. The second kappa shape index (κ2) is 7.61. The molecule has 1 atom stereocenters. The largest absolute Gasteiger partial charge is 0.352 e. The minimum Gasteiger partial charge on any atom is -0.352 e. The molecule has 0 unspecified atom stereocenters. The highest BCUT2D eigenvalue weighted by Gasteiger charge is 2.19. The fourth-order valence-electron chi connectivity index (χ4n) is 2.59. The molecular formula is C17H20N6O2. The van der Waals surface area contributed by atoms with E-state index >= 15 is 0 Å². The summed E-state index contributed by atoms with van der Waals surface area (Å²) in [5.41, 5.74) is 2.77. The Hall–Kier alpha value is -3.16. The Morgan fingerprint density at radius 1 is 1.28 bits per heavy atom. The second-order valence-electron chi connectivity index (χ2n) is 5.76. The lowest BCUT2D eigenvalue weighted by molar-refractivity contribution is -0.115. The maximum absolute atomic E-state index is 12.0. The van der Waals surface area contributed by atoms with Crippen molar-refractivity contribution in [1.82, 2.24) is 20.6 Å². The van der Waals surface area contributed by atoms with Gasteiger partial charge < -0.3 is 21.3 Å². The zero-order valence-corrected chi connectivity index (χ0v) is 13.9. The quantitative estimate of drug-likeness (QED) is 0.595. The fraction of sp³-hybridized carbons (Fsp3) is 0.294. The van der Waals surface area contributed by atoms with Gasteiger partial charge in [-0.15, -0.1) is 0 Å². The first-order chi connectivity index (χ1) is 12.1. The van der Waals surface area contributed by atoms with E-state index in [1.807, 2.05) is 25.1 Å². The number of hydrogen-bond acceptors (Lipinski definition) is 5. The normalized spacial score (nSPS) is 13.6. The zero-order chi connectivity index (χ0) is 17.6. The van der Waals surface area contributed by atoms with Crippen molar-refractivity contribution in [3.63, 3.8) is 0 Å². The molecule has 0 bridgehead atoms. The van der Waals surface area contributed by atoms with Crippen LogP contribution in [0.4, 0.5) is 16.4 Å². The number of amides is 3. The Morgan fingerprint density at radius 2 is 2.08 bits per heavy atom. The van der Waals surface area contributed by atoms with Gasteiger partial charge in [0.25, 0.3) is 0 Å². The van der Waals surface area contributed by atoms with Gasteiger partial charge >= 0.3 is 6.03 Å². The van der Waals surface area contributed by atoms with Gasteiger partial charge in [0, 0.05) is 31.2 Å². The van der Waals surface area contributed by atoms with Crippen LogP contribution >= 0.6 is 0 Å². The summed E-state index contributed by atoms with van der Waals surface area (Å²) >= 11 is 0. The number of rotatable bonds is 6. The van der Waals surface area contributed by atoms with E-state index in [1.165, 1.54) is 0 Å². The average molecular weight is 340 g/mol. The van der Waals surface area contributed by atoms with Gasteiger partial charge in [-0.3, -0.25) is 4.79 Å². The molecule has 0 saturated heterocycles. The van der Waals surface area contributed by atoms with Crippen molar-refractivity contribution in [3.8, 4) is 0 Å². The number of benzene rings is 1. The number of carbonyl (C=O) groups excluding carboxylic acids is 2. The molecule has 0 spiro atoms. The molecule has 3 amide bonds. The molecule has 8 heteroatoms. The van der Waals surface area contributed by atoms with Crippen molar-refractivity contribution in [2.24, 2.45) is 0 Å². The maximum atomic E-state index is 12.0. The van der Waals surface area contributed by atoms with Crippen LogP contribution in [0.1, 0.15) is 24.1 Å². The van der Waals surface area contributed by atoms with E-state index in [4.69, 9.17) is 0 Å². The highest BCUT2D eigenvalue weighted by molar-refractivity contribution is 5.99. The van der Waals surface area contributed by atoms with Crippen molar-refractivity contribution in [2.75, 3.05) is 23.7 Å². The Labute approximate surface area is 145 Å². The monoisotopic (exact) mass is 340 g/mol. The van der Waals surface area contributed by atoms with Crippen LogP contribution in [0.5, 0.6) is 0 Å². The molecule has 1 aromatic heterocycles. The Kier molecular flexibility index (Phi) is 5.08. The predicted molar refractivity (Wildman–Crippen MR) is 94.2 cm³/mol. The summed E-state index contributed by atoms with van der Waals surface area (Å²) in [6.07, 6.45) is 3.68. The zero-order valence-electron chi connectivity index (χ0n) is 13.9. The van der Waals surface area contributed by atoms with Crippen molar-refractivity contribution in [2.45, 2.75) is 19.4 Å². The van der Waals surface area contributed by atoms with E-state index in [0.29, 0.717) is 25.5 Å². The van der Waals surface area contributed by atoms with E-state index in [2.05, 4.69) is 31.2 Å². The van der Waals surface area contributed by atoms with Crippen LogP contribution in [0, 0.1) is 0 Å². The minimum atomic E-state index is -0.252. The Bertz CT molecular complexity index is 765. The van der Waals surface area contributed by atoms with Crippen LogP contribution in [0.15, 0.2) is 36.7 Å². The van der Waals surface area contributed by atoms with Gasteiger partial charge in [-0.05, 0) is 30.2 Å². The third kappa shape index (κ3) is 4.43. The number of nitrogens with zero attached hydrogens (tertiary/aromatic N) is 2. The molecule has 0 saturated carbocycles. The average Bonchev–Trinajstić information content (AvgIpc) is 2.98. The molecule has 8 nitrogen and oxygen atoms in total. The van der Waals surface area contributed by atoms with Crippen molar-refractivity contribution in [3.05, 3.63) is 47.8 Å². The van der Waals surface area contributed by atoms with E-state index in [9.17, 15) is 9.59 Å². The van der Waals surface area contributed by atoms with Gasteiger partial charge in [-0.2, -0.15) is 0 Å². The molecule has 0 fully saturated rings. The fourth-order valence-corrected chi connectivity index (χ4v) is 2.59. The lowest BCUT2D eigenvalue weighted by atomic mass is 10.0. The molecule has 2 heterocycles.